The van der Waals surface area contributed by atoms with Gasteiger partial charge in [0.2, 0.25) is 6.10 Å². The van der Waals surface area contributed by atoms with E-state index in [4.69, 9.17) is 24.7 Å². The van der Waals surface area contributed by atoms with Crippen molar-refractivity contribution in [3.63, 3.8) is 0 Å². The lowest BCUT2D eigenvalue weighted by Gasteiger charge is -2.31. The fourth-order valence-electron chi connectivity index (χ4n) is 6.03. The predicted octanol–water partition coefficient (Wildman–Crippen LogP) is 6.85. The minimum absolute atomic E-state index is 0.0969. The Labute approximate surface area is 292 Å². The summed E-state index contributed by atoms with van der Waals surface area (Å²) in [6.45, 7) is 9.63. The molecule has 1 aliphatic heterocycles. The third kappa shape index (κ3) is 7.72. The van der Waals surface area contributed by atoms with E-state index in [2.05, 4.69) is 10.3 Å². The zero-order valence-electron chi connectivity index (χ0n) is 29.1. The Morgan fingerprint density at radius 1 is 1.00 bits per heavy atom. The molecule has 3 N–H and O–H groups in total. The number of sulfone groups is 1. The quantitative estimate of drug-likeness (QED) is 0.160. The number of hydrogen-bond acceptors (Lipinski definition) is 10. The van der Waals surface area contributed by atoms with Gasteiger partial charge < -0.3 is 29.6 Å². The fraction of sp³-hybridized carbons (Fsp3) is 0.378. The van der Waals surface area contributed by atoms with Gasteiger partial charge >= 0.3 is 6.09 Å². The molecule has 13 heteroatoms. The molecule has 3 aromatic carbocycles. The predicted molar refractivity (Wildman–Crippen MR) is 191 cm³/mol. The molecule has 4 aromatic rings. The largest absolute Gasteiger partial charge is 0.490 e. The molecule has 1 aliphatic rings. The van der Waals surface area contributed by atoms with Gasteiger partial charge in [-0.2, -0.15) is 0 Å². The van der Waals surface area contributed by atoms with E-state index in [1.54, 1.807) is 67.4 Å². The number of aromatic nitrogens is 1. The highest BCUT2D eigenvalue weighted by atomic mass is 32.2. The molecule has 1 saturated heterocycles. The molecule has 266 valence electrons. The van der Waals surface area contributed by atoms with Gasteiger partial charge in [-0.25, -0.2) is 18.2 Å². The maximum Gasteiger partial charge on any atom is 0.411 e. The minimum Gasteiger partial charge on any atom is -0.490 e. The van der Waals surface area contributed by atoms with E-state index in [1.807, 2.05) is 26.8 Å². The number of hydrogen-bond donors (Lipinski definition) is 2. The first-order chi connectivity index (χ1) is 23.8. The van der Waals surface area contributed by atoms with E-state index in [9.17, 15) is 18.0 Å². The number of nitrogens with zero attached hydrogens (tertiary/aromatic N) is 2. The monoisotopic (exact) mass is 704 g/mol. The molecule has 2 atom stereocenters. The average molecular weight is 705 g/mol. The van der Waals surface area contributed by atoms with Gasteiger partial charge in [-0.15, -0.1) is 0 Å². The van der Waals surface area contributed by atoms with Crippen molar-refractivity contribution in [3.05, 3.63) is 78.0 Å². The number of amides is 2. The first-order valence-corrected chi connectivity index (χ1v) is 18.2. The molecule has 50 heavy (non-hydrogen) atoms. The van der Waals surface area contributed by atoms with Crippen molar-refractivity contribution in [1.29, 1.82) is 0 Å². The number of likely N-dealkylation sites (tertiary alicyclic amines) is 1. The Morgan fingerprint density at radius 2 is 1.78 bits per heavy atom. The second kappa shape index (κ2) is 15.2. The number of nitrogens with one attached hydrogen (secondary N) is 1. The third-order valence-corrected chi connectivity index (χ3v) is 10.7. The van der Waals surface area contributed by atoms with Crippen LogP contribution in [0.5, 0.6) is 17.2 Å². The van der Waals surface area contributed by atoms with Gasteiger partial charge in [-0.1, -0.05) is 6.07 Å². The Morgan fingerprint density at radius 3 is 2.48 bits per heavy atom. The van der Waals surface area contributed by atoms with Gasteiger partial charge in [-0.3, -0.25) is 10.1 Å². The van der Waals surface area contributed by atoms with E-state index >= 15 is 0 Å². The molecule has 2 amide bonds. The van der Waals surface area contributed by atoms with Crippen molar-refractivity contribution in [2.45, 2.75) is 75.9 Å². The lowest BCUT2D eigenvalue weighted by atomic mass is 10.0. The van der Waals surface area contributed by atoms with Crippen molar-refractivity contribution in [2.24, 2.45) is 0 Å². The van der Waals surface area contributed by atoms with Crippen LogP contribution in [0.2, 0.25) is 0 Å². The number of rotatable bonds is 12. The van der Waals surface area contributed by atoms with Gasteiger partial charge in [0.1, 0.15) is 11.6 Å². The topological polar surface area (TPSA) is 159 Å². The molecule has 2 unspecified atom stereocenters. The van der Waals surface area contributed by atoms with Crippen molar-refractivity contribution in [3.8, 4) is 17.2 Å². The zero-order chi connectivity index (χ0) is 36.2. The molecular formula is C37H44N4O8S. The second-order valence-electron chi connectivity index (χ2n) is 12.5. The van der Waals surface area contributed by atoms with Gasteiger partial charge in [0.25, 0.3) is 5.91 Å². The smallest absolute Gasteiger partial charge is 0.411 e. The first-order valence-electron chi connectivity index (χ1n) is 16.6. The van der Waals surface area contributed by atoms with Crippen molar-refractivity contribution in [2.75, 3.05) is 31.3 Å². The van der Waals surface area contributed by atoms with Crippen LogP contribution in [0.25, 0.3) is 10.8 Å². The summed E-state index contributed by atoms with van der Waals surface area (Å²) in [5.41, 5.74) is 7.35. The highest BCUT2D eigenvalue weighted by Gasteiger charge is 2.39. The molecule has 5 rings (SSSR count). The van der Waals surface area contributed by atoms with Crippen molar-refractivity contribution in [1.82, 2.24) is 9.88 Å². The Hall–Kier alpha value is -5.04. The number of ether oxygens (including phenoxy) is 4. The SMILES string of the molecule is CCOc1cc(C(Oc2ccc3c(N)nccc3c2)C(=O)N2CCCC2c2cc(NC(=O)OC)ccc2S(=O)(=O)C(C)C)ccc1OC(C)C. The van der Waals surface area contributed by atoms with Crippen LogP contribution in [-0.4, -0.2) is 61.9 Å². The number of nitrogens with two attached hydrogens (primary N) is 1. The average Bonchev–Trinajstić information content (AvgIpc) is 3.57. The lowest BCUT2D eigenvalue weighted by Crippen LogP contribution is -2.37. The van der Waals surface area contributed by atoms with E-state index in [0.29, 0.717) is 65.9 Å². The summed E-state index contributed by atoms with van der Waals surface area (Å²) in [7, 11) is -2.53. The number of anilines is 2. The van der Waals surface area contributed by atoms with Crippen LogP contribution in [0, 0.1) is 0 Å². The number of benzene rings is 3. The second-order valence-corrected chi connectivity index (χ2v) is 15.0. The third-order valence-electron chi connectivity index (χ3n) is 8.44. The molecule has 0 spiro atoms. The first kappa shape index (κ1) is 36.2. The molecule has 0 saturated carbocycles. The van der Waals surface area contributed by atoms with E-state index in [1.165, 1.54) is 19.2 Å². The summed E-state index contributed by atoms with van der Waals surface area (Å²) >= 11 is 0. The van der Waals surface area contributed by atoms with Crippen LogP contribution < -0.4 is 25.3 Å². The summed E-state index contributed by atoms with van der Waals surface area (Å²) in [6.07, 6.45) is 0.750. The summed E-state index contributed by atoms with van der Waals surface area (Å²) in [5.74, 6) is 1.41. The molecule has 12 nitrogen and oxygen atoms in total. The van der Waals surface area contributed by atoms with Crippen molar-refractivity contribution < 1.29 is 37.0 Å². The Balaban J connectivity index is 1.61. The number of carbonyl (C=O) groups is 2. The van der Waals surface area contributed by atoms with E-state index < -0.39 is 33.3 Å². The van der Waals surface area contributed by atoms with Crippen LogP contribution in [0.4, 0.5) is 16.3 Å². The molecule has 2 heterocycles. The van der Waals surface area contributed by atoms with Gasteiger partial charge in [0, 0.05) is 29.4 Å². The van der Waals surface area contributed by atoms with Gasteiger partial charge in [-0.05, 0) is 113 Å². The van der Waals surface area contributed by atoms with Crippen LogP contribution in [0.15, 0.2) is 71.8 Å². The number of fused-ring (bicyclic) bond motifs is 1. The zero-order valence-corrected chi connectivity index (χ0v) is 30.0. The van der Waals surface area contributed by atoms with Crippen molar-refractivity contribution >= 4 is 44.1 Å². The molecule has 1 aromatic heterocycles. The highest BCUT2D eigenvalue weighted by molar-refractivity contribution is 7.92. The summed E-state index contributed by atoms with van der Waals surface area (Å²) in [6, 6.07) is 16.4. The van der Waals surface area contributed by atoms with Crippen LogP contribution >= 0.6 is 0 Å². The molecule has 0 radical (unpaired) electrons. The molecule has 1 fully saturated rings. The highest BCUT2D eigenvalue weighted by Crippen LogP contribution is 2.41. The number of nitrogen functional groups attached to an aromatic ring is 1. The fourth-order valence-corrected chi connectivity index (χ4v) is 7.32. The maximum atomic E-state index is 14.8. The number of pyridine rings is 1. The van der Waals surface area contributed by atoms with Gasteiger partial charge in [0.05, 0.1) is 36.0 Å². The van der Waals surface area contributed by atoms with E-state index in [-0.39, 0.29) is 16.9 Å². The maximum absolute atomic E-state index is 14.8. The Bertz CT molecular complexity index is 1980. The molecular weight excluding hydrogens is 660 g/mol. The molecule has 0 aliphatic carbocycles. The standard InChI is InChI=1S/C37H44N4O8S/c1-7-47-32-20-25(10-14-31(32)48-22(2)3)34(49-27-12-13-28-24(19-27)16-17-39-35(28)38)36(42)41-18-8-9-30(41)29-21-26(40-37(43)46-6)11-15-33(29)50(44,45)23(4)5/h10-17,19-23,30,34H,7-9,18H2,1-6H3,(H2,38,39)(H,40,43). The lowest BCUT2D eigenvalue weighted by molar-refractivity contribution is -0.140. The van der Waals surface area contributed by atoms with Crippen LogP contribution in [0.3, 0.4) is 0 Å². The van der Waals surface area contributed by atoms with Crippen LogP contribution in [-0.2, 0) is 19.4 Å². The van der Waals surface area contributed by atoms with Gasteiger partial charge in [0.15, 0.2) is 21.3 Å². The Kier molecular flexibility index (Phi) is 11.0. The minimum atomic E-state index is -3.78. The number of carbonyl (C=O) groups excluding carboxylic acids is 2. The molecule has 0 bridgehead atoms. The summed E-state index contributed by atoms with van der Waals surface area (Å²) < 4.78 is 50.5. The van der Waals surface area contributed by atoms with E-state index in [0.717, 1.165) is 10.8 Å². The summed E-state index contributed by atoms with van der Waals surface area (Å²) in [5, 5.41) is 3.43. The normalized spacial score (nSPS) is 15.3. The summed E-state index contributed by atoms with van der Waals surface area (Å²) in [4.78, 5) is 32.8. The number of methoxy groups -OCH3 is 1. The van der Waals surface area contributed by atoms with Crippen LogP contribution in [0.1, 0.15) is 70.7 Å².